The van der Waals surface area contributed by atoms with E-state index >= 15 is 0 Å². The average molecular weight is 435 g/mol. The van der Waals surface area contributed by atoms with Crippen molar-refractivity contribution in [1.82, 2.24) is 40.6 Å². The van der Waals surface area contributed by atoms with Gasteiger partial charge in [-0.2, -0.15) is 30.8 Å². The molecule has 1 aromatic carbocycles. The van der Waals surface area contributed by atoms with Gasteiger partial charge in [-0.1, -0.05) is 24.3 Å². The predicted octanol–water partition coefficient (Wildman–Crippen LogP) is 0.958. The van der Waals surface area contributed by atoms with E-state index in [1.165, 1.54) is 0 Å². The van der Waals surface area contributed by atoms with E-state index in [1.54, 1.807) is 0 Å². The molecule has 2 aliphatic heterocycles. The fourth-order valence-electron chi connectivity index (χ4n) is 4.39. The van der Waals surface area contributed by atoms with Crippen molar-refractivity contribution < 1.29 is 9.59 Å². The highest BCUT2D eigenvalue weighted by molar-refractivity contribution is 5.77. The van der Waals surface area contributed by atoms with Crippen LogP contribution in [0.15, 0.2) is 24.3 Å². The van der Waals surface area contributed by atoms with Crippen molar-refractivity contribution in [2.45, 2.75) is 51.6 Å². The molecule has 0 spiro atoms. The minimum atomic E-state index is 0.136. The molecule has 32 heavy (non-hydrogen) atoms. The number of nitrogens with one attached hydrogen (secondary N) is 2. The molecule has 3 aromatic rings. The molecule has 0 saturated carbocycles. The molecule has 0 bridgehead atoms. The van der Waals surface area contributed by atoms with Gasteiger partial charge in [0.15, 0.2) is 0 Å². The highest BCUT2D eigenvalue weighted by Crippen LogP contribution is 2.18. The van der Waals surface area contributed by atoms with Gasteiger partial charge in [-0.3, -0.25) is 9.59 Å². The van der Waals surface area contributed by atoms with Gasteiger partial charge in [-0.25, -0.2) is 0 Å². The minimum Gasteiger partial charge on any atom is -0.336 e. The fraction of sp³-hybridized carbons (Fsp3) is 0.455. The summed E-state index contributed by atoms with van der Waals surface area (Å²) >= 11 is 0. The number of benzene rings is 1. The second-order valence-corrected chi connectivity index (χ2v) is 8.38. The van der Waals surface area contributed by atoms with Crippen LogP contribution in [0.4, 0.5) is 0 Å². The van der Waals surface area contributed by atoms with Crippen LogP contribution < -0.4 is 0 Å². The smallest absolute Gasteiger partial charge is 0.223 e. The maximum Gasteiger partial charge on any atom is 0.223 e. The van der Waals surface area contributed by atoms with Gasteiger partial charge in [0.05, 0.1) is 24.5 Å². The van der Waals surface area contributed by atoms with Crippen molar-refractivity contribution in [3.8, 4) is 0 Å². The number of aryl methyl sites for hydroxylation is 2. The van der Waals surface area contributed by atoms with Gasteiger partial charge in [0, 0.05) is 38.8 Å². The Balaban J connectivity index is 1.11. The molecule has 2 amide bonds. The number of carbonyl (C=O) groups is 2. The first kappa shape index (κ1) is 20.3. The van der Waals surface area contributed by atoms with Crippen molar-refractivity contribution in [1.29, 1.82) is 0 Å². The summed E-state index contributed by atoms with van der Waals surface area (Å²) in [6.45, 7) is 2.43. The van der Waals surface area contributed by atoms with Gasteiger partial charge in [0.1, 0.15) is 11.4 Å². The quantitative estimate of drug-likeness (QED) is 0.596. The van der Waals surface area contributed by atoms with Crippen LogP contribution in [0.3, 0.4) is 0 Å². The van der Waals surface area contributed by atoms with Crippen LogP contribution in [0.1, 0.15) is 46.7 Å². The standard InChI is InChI=1S/C22H26N8O2/c31-21(29-10-8-17-19(13-29)25-27-23-17)6-4-15-2-1-3-16(12-15)5-7-22(32)30-11-9-18-20(14-30)26-28-24-18/h1-3,12H,4-11,13-14H2,(H,23,25,27)(H,24,26,28). The number of H-pyrrole nitrogens is 2. The summed E-state index contributed by atoms with van der Waals surface area (Å²) in [7, 11) is 0. The van der Waals surface area contributed by atoms with Crippen LogP contribution in [0.2, 0.25) is 0 Å². The number of aromatic amines is 2. The summed E-state index contributed by atoms with van der Waals surface area (Å²) in [5.74, 6) is 0.271. The molecule has 10 heteroatoms. The average Bonchev–Trinajstić information content (AvgIpc) is 3.49. The molecular weight excluding hydrogens is 408 g/mol. The number of hydrogen-bond donors (Lipinski definition) is 2. The van der Waals surface area contributed by atoms with Gasteiger partial charge in [0.2, 0.25) is 11.8 Å². The molecule has 4 heterocycles. The van der Waals surface area contributed by atoms with Crippen molar-refractivity contribution in [2.24, 2.45) is 0 Å². The third-order valence-electron chi connectivity index (χ3n) is 6.28. The van der Waals surface area contributed by atoms with Crippen molar-refractivity contribution in [3.63, 3.8) is 0 Å². The maximum absolute atomic E-state index is 12.7. The van der Waals surface area contributed by atoms with Crippen LogP contribution >= 0.6 is 0 Å². The zero-order valence-corrected chi connectivity index (χ0v) is 17.9. The molecular formula is C22H26N8O2. The van der Waals surface area contributed by atoms with Crippen LogP contribution in [-0.4, -0.2) is 65.5 Å². The number of nitrogens with zero attached hydrogens (tertiary/aromatic N) is 6. The van der Waals surface area contributed by atoms with Crippen LogP contribution in [0.25, 0.3) is 0 Å². The molecule has 2 N–H and O–H groups in total. The third-order valence-corrected chi connectivity index (χ3v) is 6.28. The molecule has 2 aromatic heterocycles. The lowest BCUT2D eigenvalue weighted by Gasteiger charge is -2.25. The van der Waals surface area contributed by atoms with E-state index in [2.05, 4.69) is 36.9 Å². The SMILES string of the molecule is O=C(CCc1cccc(CCC(=O)N2CCc3n[nH]nc3C2)c1)N1CCc2n[nH]nc2C1. The monoisotopic (exact) mass is 434 g/mol. The van der Waals surface area contributed by atoms with Crippen LogP contribution in [0.5, 0.6) is 0 Å². The molecule has 0 aliphatic carbocycles. The Morgan fingerprint density at radius 3 is 1.72 bits per heavy atom. The van der Waals surface area contributed by atoms with Gasteiger partial charge in [0.25, 0.3) is 0 Å². The highest BCUT2D eigenvalue weighted by atomic mass is 16.2. The lowest BCUT2D eigenvalue weighted by atomic mass is 10.0. The van der Waals surface area contributed by atoms with E-state index in [9.17, 15) is 9.59 Å². The maximum atomic E-state index is 12.7. The summed E-state index contributed by atoms with van der Waals surface area (Å²) in [4.78, 5) is 29.0. The Labute approximate surface area is 185 Å². The van der Waals surface area contributed by atoms with E-state index < -0.39 is 0 Å². The third kappa shape index (κ3) is 4.39. The first-order valence-corrected chi connectivity index (χ1v) is 11.1. The lowest BCUT2D eigenvalue weighted by Crippen LogP contribution is -2.36. The number of rotatable bonds is 6. The topological polar surface area (TPSA) is 124 Å². The summed E-state index contributed by atoms with van der Waals surface area (Å²) < 4.78 is 0. The normalized spacial score (nSPS) is 15.4. The van der Waals surface area contributed by atoms with Crippen molar-refractivity contribution >= 4 is 11.8 Å². The summed E-state index contributed by atoms with van der Waals surface area (Å²) in [6, 6.07) is 8.20. The van der Waals surface area contributed by atoms with Gasteiger partial charge in [-0.15, -0.1) is 0 Å². The molecule has 0 radical (unpaired) electrons. The zero-order valence-electron chi connectivity index (χ0n) is 17.9. The number of fused-ring (bicyclic) bond motifs is 2. The molecule has 166 valence electrons. The number of aromatic nitrogens is 6. The minimum absolute atomic E-state index is 0.136. The van der Waals surface area contributed by atoms with E-state index in [-0.39, 0.29) is 11.8 Å². The molecule has 2 aliphatic rings. The first-order valence-electron chi connectivity index (χ1n) is 11.1. The predicted molar refractivity (Wildman–Crippen MR) is 114 cm³/mol. The van der Waals surface area contributed by atoms with Gasteiger partial charge in [-0.05, 0) is 24.0 Å². The summed E-state index contributed by atoms with van der Waals surface area (Å²) in [5.41, 5.74) is 5.89. The Kier molecular flexibility index (Phi) is 5.66. The first-order chi connectivity index (χ1) is 15.7. The Hall–Kier alpha value is -3.56. The number of hydrogen-bond acceptors (Lipinski definition) is 6. The molecule has 0 saturated heterocycles. The number of amides is 2. The van der Waals surface area contributed by atoms with Crippen molar-refractivity contribution in [3.05, 3.63) is 58.2 Å². The molecule has 5 rings (SSSR count). The largest absolute Gasteiger partial charge is 0.336 e. The highest BCUT2D eigenvalue weighted by Gasteiger charge is 2.24. The number of carbonyl (C=O) groups excluding carboxylic acids is 2. The fourth-order valence-corrected chi connectivity index (χ4v) is 4.39. The Morgan fingerprint density at radius 1 is 0.750 bits per heavy atom. The second kappa shape index (κ2) is 8.89. The van der Waals surface area contributed by atoms with Gasteiger partial charge < -0.3 is 9.80 Å². The van der Waals surface area contributed by atoms with E-state index in [0.29, 0.717) is 51.9 Å². The second-order valence-electron chi connectivity index (χ2n) is 8.38. The van der Waals surface area contributed by atoms with E-state index in [1.807, 2.05) is 28.0 Å². The summed E-state index contributed by atoms with van der Waals surface area (Å²) in [6.07, 6.45) is 3.78. The molecule has 0 atom stereocenters. The molecule has 0 unspecified atom stereocenters. The lowest BCUT2D eigenvalue weighted by molar-refractivity contribution is -0.132. The van der Waals surface area contributed by atoms with Gasteiger partial charge >= 0.3 is 0 Å². The Morgan fingerprint density at radius 2 is 1.22 bits per heavy atom. The van der Waals surface area contributed by atoms with Crippen LogP contribution in [-0.2, 0) is 48.4 Å². The van der Waals surface area contributed by atoms with E-state index in [0.717, 1.165) is 46.7 Å². The van der Waals surface area contributed by atoms with E-state index in [4.69, 9.17) is 0 Å². The van der Waals surface area contributed by atoms with Crippen LogP contribution in [0, 0.1) is 0 Å². The molecule has 0 fully saturated rings. The Bertz CT molecular complexity index is 1040. The molecule has 10 nitrogen and oxygen atoms in total. The summed E-state index contributed by atoms with van der Waals surface area (Å²) in [5, 5.41) is 21.7. The zero-order chi connectivity index (χ0) is 21.9. The van der Waals surface area contributed by atoms with Crippen molar-refractivity contribution in [2.75, 3.05) is 13.1 Å².